The molecule has 2 aromatic carbocycles. The van der Waals surface area contributed by atoms with Crippen LogP contribution in [-0.2, 0) is 11.2 Å². The van der Waals surface area contributed by atoms with E-state index in [2.05, 4.69) is 0 Å². The Morgan fingerprint density at radius 2 is 1.40 bits per heavy atom. The fourth-order valence-corrected chi connectivity index (χ4v) is 2.65. The average Bonchev–Trinajstić information content (AvgIpc) is 2.85. The Morgan fingerprint density at radius 3 is 1.88 bits per heavy atom. The van der Waals surface area contributed by atoms with E-state index in [0.29, 0.717) is 11.4 Å². The predicted molar refractivity (Wildman–Crippen MR) is 89.8 cm³/mol. The SMILES string of the molecule is CC(=O)CCc1c([O-])n(-c2ccccc2)n(-c2ccccc2)c1=O.[Na+]. The molecule has 0 atom stereocenters. The third kappa shape index (κ3) is 3.95. The molecule has 0 saturated heterocycles. The van der Waals surface area contributed by atoms with Gasteiger partial charge in [-0.05, 0) is 43.5 Å². The standard InChI is InChI=1S/C19H18N2O3.Na/c1-14(22)12-13-17-18(23)20(15-8-4-2-5-9-15)21(19(17)24)16-10-6-3-7-11-16;/h2-11,23H,12-13H2,1H3;/q;+1/p-1. The molecule has 122 valence electrons. The number of hydrogen-bond acceptors (Lipinski definition) is 3. The van der Waals surface area contributed by atoms with E-state index in [-0.39, 0.29) is 65.2 Å². The molecule has 6 heteroatoms. The van der Waals surface area contributed by atoms with Gasteiger partial charge in [0.15, 0.2) is 0 Å². The van der Waals surface area contributed by atoms with Gasteiger partial charge in [0, 0.05) is 12.0 Å². The van der Waals surface area contributed by atoms with Gasteiger partial charge in [-0.1, -0.05) is 36.4 Å². The van der Waals surface area contributed by atoms with Crippen molar-refractivity contribution in [3.8, 4) is 17.3 Å². The molecule has 0 unspecified atom stereocenters. The van der Waals surface area contributed by atoms with Crippen molar-refractivity contribution in [1.29, 1.82) is 0 Å². The zero-order valence-corrected chi connectivity index (χ0v) is 16.3. The molecule has 0 aliphatic carbocycles. The summed E-state index contributed by atoms with van der Waals surface area (Å²) >= 11 is 0. The van der Waals surface area contributed by atoms with Crippen LogP contribution in [0.4, 0.5) is 0 Å². The van der Waals surface area contributed by atoms with E-state index in [1.54, 1.807) is 24.3 Å². The number of rotatable bonds is 5. The van der Waals surface area contributed by atoms with Crippen LogP contribution in [0.3, 0.4) is 0 Å². The maximum absolute atomic E-state index is 12.8. The second-order valence-corrected chi connectivity index (χ2v) is 5.59. The smallest absolute Gasteiger partial charge is 0.858 e. The molecule has 0 radical (unpaired) electrons. The molecule has 0 fully saturated rings. The molecule has 0 aliphatic heterocycles. The van der Waals surface area contributed by atoms with E-state index in [0.717, 1.165) is 0 Å². The summed E-state index contributed by atoms with van der Waals surface area (Å²) in [4.78, 5) is 24.1. The van der Waals surface area contributed by atoms with Gasteiger partial charge in [0.1, 0.15) is 5.78 Å². The number of para-hydroxylation sites is 2. The molecule has 0 aliphatic rings. The Morgan fingerprint density at radius 1 is 0.920 bits per heavy atom. The number of ketones is 1. The fourth-order valence-electron chi connectivity index (χ4n) is 2.65. The number of benzene rings is 2. The number of hydrogen-bond donors (Lipinski definition) is 0. The zero-order chi connectivity index (χ0) is 17.1. The van der Waals surface area contributed by atoms with Crippen molar-refractivity contribution in [3.05, 3.63) is 76.6 Å². The van der Waals surface area contributed by atoms with Crippen LogP contribution in [0, 0.1) is 0 Å². The van der Waals surface area contributed by atoms with Gasteiger partial charge in [-0.3, -0.25) is 9.48 Å². The summed E-state index contributed by atoms with van der Waals surface area (Å²) in [5.74, 6) is -0.427. The molecule has 3 aromatic rings. The van der Waals surface area contributed by atoms with Crippen LogP contribution in [0.5, 0.6) is 5.88 Å². The summed E-state index contributed by atoms with van der Waals surface area (Å²) in [6.45, 7) is 1.45. The molecular weight excluding hydrogens is 327 g/mol. The first kappa shape index (κ1) is 19.2. The molecule has 1 heterocycles. The van der Waals surface area contributed by atoms with Gasteiger partial charge in [0.2, 0.25) is 0 Å². The third-order valence-corrected chi connectivity index (χ3v) is 3.83. The van der Waals surface area contributed by atoms with Crippen LogP contribution in [0.2, 0.25) is 0 Å². The van der Waals surface area contributed by atoms with Crippen molar-refractivity contribution in [1.82, 2.24) is 9.36 Å². The topological polar surface area (TPSA) is 67.1 Å². The van der Waals surface area contributed by atoms with Gasteiger partial charge < -0.3 is 9.90 Å². The number of carbonyl (C=O) groups excluding carboxylic acids is 1. The summed E-state index contributed by atoms with van der Waals surface area (Å²) < 4.78 is 2.74. The number of aromatic nitrogens is 2. The second kappa shape index (κ2) is 8.34. The van der Waals surface area contributed by atoms with E-state index < -0.39 is 0 Å². The first-order chi connectivity index (χ1) is 11.6. The normalized spacial score (nSPS) is 10.3. The van der Waals surface area contributed by atoms with Crippen molar-refractivity contribution in [2.75, 3.05) is 0 Å². The van der Waals surface area contributed by atoms with E-state index in [9.17, 15) is 14.7 Å². The van der Waals surface area contributed by atoms with Crippen molar-refractivity contribution in [2.24, 2.45) is 0 Å². The van der Waals surface area contributed by atoms with Gasteiger partial charge in [0.05, 0.1) is 11.4 Å². The zero-order valence-electron chi connectivity index (χ0n) is 14.3. The minimum absolute atomic E-state index is 0. The van der Waals surface area contributed by atoms with E-state index in [1.807, 2.05) is 36.4 Å². The van der Waals surface area contributed by atoms with Crippen LogP contribution >= 0.6 is 0 Å². The molecule has 25 heavy (non-hydrogen) atoms. The Hall–Kier alpha value is -2.08. The van der Waals surface area contributed by atoms with Gasteiger partial charge >= 0.3 is 29.6 Å². The van der Waals surface area contributed by atoms with Gasteiger partial charge in [-0.25, -0.2) is 4.68 Å². The monoisotopic (exact) mass is 344 g/mol. The number of carbonyl (C=O) groups is 1. The van der Waals surface area contributed by atoms with Gasteiger partial charge in [0.25, 0.3) is 5.56 Å². The second-order valence-electron chi connectivity index (χ2n) is 5.59. The summed E-state index contributed by atoms with van der Waals surface area (Å²) in [5.41, 5.74) is 0.976. The van der Waals surface area contributed by atoms with E-state index in [4.69, 9.17) is 0 Å². The first-order valence-electron chi connectivity index (χ1n) is 7.74. The molecular formula is C19H17N2NaO3. The first-order valence-corrected chi connectivity index (χ1v) is 7.74. The minimum atomic E-state index is -0.378. The summed E-state index contributed by atoms with van der Waals surface area (Å²) in [5, 5.41) is 12.8. The van der Waals surface area contributed by atoms with Crippen LogP contribution < -0.4 is 40.2 Å². The molecule has 0 bridgehead atoms. The van der Waals surface area contributed by atoms with Crippen molar-refractivity contribution in [3.63, 3.8) is 0 Å². The third-order valence-electron chi connectivity index (χ3n) is 3.83. The Balaban J connectivity index is 0.00000225. The quantitative estimate of drug-likeness (QED) is 0.571. The molecule has 0 amide bonds. The fraction of sp³-hybridized carbons (Fsp3) is 0.158. The molecule has 0 N–H and O–H groups in total. The minimum Gasteiger partial charge on any atom is -0.858 e. The summed E-state index contributed by atoms with van der Waals surface area (Å²) in [7, 11) is 0. The molecule has 5 nitrogen and oxygen atoms in total. The van der Waals surface area contributed by atoms with Crippen LogP contribution in [0.15, 0.2) is 65.5 Å². The molecule has 0 spiro atoms. The Bertz CT molecular complexity index is 915. The maximum Gasteiger partial charge on any atom is 1.00 e. The Kier molecular flexibility index (Phi) is 6.42. The average molecular weight is 344 g/mol. The van der Waals surface area contributed by atoms with Gasteiger partial charge in [-0.15, -0.1) is 0 Å². The number of nitrogens with zero attached hydrogens (tertiary/aromatic N) is 2. The van der Waals surface area contributed by atoms with Crippen molar-refractivity contribution < 1.29 is 39.5 Å². The van der Waals surface area contributed by atoms with Crippen LogP contribution in [-0.4, -0.2) is 15.1 Å². The largest absolute Gasteiger partial charge is 1.00 e. The van der Waals surface area contributed by atoms with Crippen LogP contribution in [0.25, 0.3) is 11.4 Å². The molecule has 0 saturated carbocycles. The summed E-state index contributed by atoms with van der Waals surface area (Å²) in [6, 6.07) is 18.0. The van der Waals surface area contributed by atoms with Crippen molar-refractivity contribution in [2.45, 2.75) is 19.8 Å². The van der Waals surface area contributed by atoms with Crippen molar-refractivity contribution >= 4 is 5.78 Å². The van der Waals surface area contributed by atoms with E-state index in [1.165, 1.54) is 16.3 Å². The van der Waals surface area contributed by atoms with Crippen LogP contribution in [0.1, 0.15) is 18.9 Å². The Labute approximate surface area is 167 Å². The molecule has 3 rings (SSSR count). The van der Waals surface area contributed by atoms with E-state index >= 15 is 0 Å². The van der Waals surface area contributed by atoms with Gasteiger partial charge in [-0.2, -0.15) is 0 Å². The predicted octanol–water partition coefficient (Wildman–Crippen LogP) is -0.773. The molecule has 1 aromatic heterocycles. The summed E-state index contributed by atoms with van der Waals surface area (Å²) in [6.07, 6.45) is 0.331. The maximum atomic E-state index is 12.8. The number of Topliss-reactive ketones (excluding diaryl/α,β-unsaturated/α-hetero) is 1.